The second kappa shape index (κ2) is 41.8. The van der Waals surface area contributed by atoms with Gasteiger partial charge in [0, 0.05) is 43.7 Å². The van der Waals surface area contributed by atoms with Gasteiger partial charge in [-0.1, -0.05) is 152 Å². The Labute approximate surface area is 636 Å². The molecule has 0 aromatic heterocycles. The molecule has 4 aliphatic heterocycles. The first-order valence-electron chi connectivity index (χ1n) is 35.5. The van der Waals surface area contributed by atoms with Gasteiger partial charge in [0.2, 0.25) is 43.3 Å². The molecule has 0 saturated heterocycles. The number of aliphatic carboxylic acids is 2. The number of anilines is 6. The van der Waals surface area contributed by atoms with Crippen LogP contribution in [0.5, 0.6) is 0 Å². The van der Waals surface area contributed by atoms with Gasteiger partial charge in [-0.05, 0) is 109 Å². The number of benzene rings is 7. The van der Waals surface area contributed by atoms with Gasteiger partial charge in [-0.25, -0.2) is 0 Å². The van der Waals surface area contributed by atoms with E-state index in [1.807, 2.05) is 127 Å². The molecule has 9 amide bonds. The van der Waals surface area contributed by atoms with Crippen LogP contribution in [0.2, 0.25) is 0 Å². The molecule has 1 unspecified atom stereocenters. The monoisotopic (exact) mass is 1500 g/mol. The molecule has 0 aliphatic carbocycles. The Kier molecular flexibility index (Phi) is 31.4. The fourth-order valence-electron chi connectivity index (χ4n) is 12.4. The van der Waals surface area contributed by atoms with Crippen molar-refractivity contribution in [3.8, 4) is 0 Å². The van der Waals surface area contributed by atoms with Crippen molar-refractivity contribution in [2.75, 3.05) is 83.7 Å². The summed E-state index contributed by atoms with van der Waals surface area (Å²) in [4.78, 5) is 174. The number of hydrogen-bond acceptors (Lipinski definition) is 18. The summed E-state index contributed by atoms with van der Waals surface area (Å²) in [5, 5.41) is 37.4. The molecule has 2 radical (unpaired) electrons. The first-order chi connectivity index (χ1) is 53.0. The number of rotatable bonds is 25. The molecule has 5 atom stereocenters. The first-order valence-corrected chi connectivity index (χ1v) is 35.5. The Hall–Kier alpha value is -13.0. The van der Waals surface area contributed by atoms with Gasteiger partial charge in [-0.15, -0.1) is 0 Å². The Morgan fingerprint density at radius 1 is 0.436 bits per heavy atom. The zero-order chi connectivity index (χ0) is 79.1. The number of methoxy groups -OCH3 is 2. The lowest BCUT2D eigenvalue weighted by Crippen LogP contribution is -2.51. The van der Waals surface area contributed by atoms with Gasteiger partial charge >= 0.3 is 23.9 Å². The molecule has 0 fully saturated rings. The fraction of sp³-hybridized carbons (Fsp3) is 0.300. The number of hydrogen-bond donors (Lipinski definition) is 9. The molecule has 0 spiro atoms. The Morgan fingerprint density at radius 3 is 1.15 bits per heavy atom. The summed E-state index contributed by atoms with van der Waals surface area (Å²) in [6.07, 6.45) is 4.23. The maximum absolute atomic E-state index is 13.4. The van der Waals surface area contributed by atoms with E-state index in [1.165, 1.54) is 33.8 Å². The van der Waals surface area contributed by atoms with Gasteiger partial charge in [0.1, 0.15) is 56.6 Å². The highest BCUT2D eigenvalue weighted by atomic mass is 16.5. The van der Waals surface area contributed by atoms with E-state index in [0.29, 0.717) is 79.7 Å². The van der Waals surface area contributed by atoms with Crippen LogP contribution in [0.4, 0.5) is 38.9 Å². The third kappa shape index (κ3) is 24.8. The van der Waals surface area contributed by atoms with E-state index in [1.54, 1.807) is 60.7 Å². The largest absolute Gasteiger partial charge is 0.481 e. The summed E-state index contributed by atoms with van der Waals surface area (Å²) in [7, 11) is 7.59. The predicted octanol–water partition coefficient (Wildman–Crippen LogP) is 5.01. The third-order valence-corrected chi connectivity index (χ3v) is 17.9. The minimum Gasteiger partial charge on any atom is -0.481 e. The van der Waals surface area contributed by atoms with Crippen LogP contribution in [-0.4, -0.2) is 185 Å². The molecule has 0 bridgehead atoms. The van der Waals surface area contributed by atoms with Gasteiger partial charge in [0.05, 0.1) is 49.4 Å². The summed E-state index contributed by atoms with van der Waals surface area (Å²) < 4.78 is 9.33. The zero-order valence-corrected chi connectivity index (χ0v) is 60.7. The van der Waals surface area contributed by atoms with Crippen LogP contribution in [0.15, 0.2) is 188 Å². The second-order valence-electron chi connectivity index (χ2n) is 25.7. The zero-order valence-electron chi connectivity index (χ0n) is 60.7. The average molecular weight is 1500 g/mol. The fourth-order valence-corrected chi connectivity index (χ4v) is 12.4. The molecular formula is C80H86BN11O18. The van der Waals surface area contributed by atoms with Crippen LogP contribution >= 0.6 is 0 Å². The number of carbonyl (C=O) groups is 14. The molecule has 30 heteroatoms. The summed E-state index contributed by atoms with van der Waals surface area (Å²) in [5.74, 6) is -7.17. The Morgan fingerprint density at radius 2 is 0.773 bits per heavy atom. The number of para-hydroxylation sites is 6. The third-order valence-electron chi connectivity index (χ3n) is 17.9. The van der Waals surface area contributed by atoms with Crippen molar-refractivity contribution in [3.05, 3.63) is 216 Å². The molecule has 29 nitrogen and oxygen atoms in total. The number of nitrogens with zero attached hydrogens (tertiary/aromatic N) is 4. The van der Waals surface area contributed by atoms with E-state index in [0.717, 1.165) is 33.5 Å². The van der Waals surface area contributed by atoms with Crippen molar-refractivity contribution in [2.45, 2.75) is 101 Å². The number of esters is 2. The molecule has 572 valence electrons. The number of aryl methyl sites for hydroxylation is 5. The van der Waals surface area contributed by atoms with Crippen LogP contribution < -0.4 is 56.8 Å². The molecule has 4 aliphatic rings. The van der Waals surface area contributed by atoms with Crippen molar-refractivity contribution in [1.29, 1.82) is 0 Å². The summed E-state index contributed by atoms with van der Waals surface area (Å²) in [5.41, 5.74) is 8.57. The van der Waals surface area contributed by atoms with Gasteiger partial charge in [0.15, 0.2) is 5.81 Å². The highest BCUT2D eigenvalue weighted by molar-refractivity contribution is 6.57. The van der Waals surface area contributed by atoms with Crippen LogP contribution in [0.25, 0.3) is 0 Å². The number of carboxylic acid groups (broad SMARTS) is 2. The summed E-state index contributed by atoms with van der Waals surface area (Å²) in [6, 6.07) is 53.2. The molecule has 110 heavy (non-hydrogen) atoms. The molecule has 9 N–H and O–H groups in total. The lowest BCUT2D eigenvalue weighted by molar-refractivity contribution is -0.140. The molecule has 7 aromatic carbocycles. The maximum Gasteiger partial charge on any atom is 0.325 e. The number of amides is 9. The lowest BCUT2D eigenvalue weighted by Gasteiger charge is -2.26. The Balaban J connectivity index is 0.000000187. The molecule has 11 rings (SSSR count). The van der Waals surface area contributed by atoms with Crippen LogP contribution in [0.1, 0.15) is 66.3 Å². The maximum atomic E-state index is 13.4. The molecule has 7 aromatic rings. The van der Waals surface area contributed by atoms with E-state index >= 15 is 0 Å². The second-order valence-corrected chi connectivity index (χ2v) is 25.7. The van der Waals surface area contributed by atoms with Crippen molar-refractivity contribution in [1.82, 2.24) is 26.6 Å². The van der Waals surface area contributed by atoms with Crippen molar-refractivity contribution >= 4 is 125 Å². The number of aldehydes is 1. The Bertz CT molecular complexity index is 4420. The summed E-state index contributed by atoms with van der Waals surface area (Å²) >= 11 is 0. The van der Waals surface area contributed by atoms with Crippen molar-refractivity contribution in [3.63, 3.8) is 0 Å². The average Bonchev–Trinajstić information content (AvgIpc) is 1.56. The summed E-state index contributed by atoms with van der Waals surface area (Å²) in [6.45, 7) is -0.876. The van der Waals surface area contributed by atoms with Crippen molar-refractivity contribution in [2.24, 2.45) is 0 Å². The van der Waals surface area contributed by atoms with E-state index in [9.17, 15) is 72.2 Å². The van der Waals surface area contributed by atoms with Gasteiger partial charge in [-0.2, -0.15) is 0 Å². The predicted molar refractivity (Wildman–Crippen MR) is 409 cm³/mol. The smallest absolute Gasteiger partial charge is 0.325 e. The number of nitrogens with one attached hydrogen (secondary N) is 7. The van der Waals surface area contributed by atoms with E-state index < -0.39 is 97.1 Å². The molecular weight excluding hydrogens is 1410 g/mol. The standard InChI is InChI=1S/C25H27N3O6.C21H23N3O4.C21H22N2O4.C13H14BN3O4/c29-16-19(14-24(32)33)26-23(31)15-28-21-9-5-4-8-18(21)11-12-20(25(28)34)27-22(30)13-10-17-6-2-1-3-7-17;1-28-20(26)14-24-18-10-6-5-9-16(18)22-13-17(21(24)27)23-19(25)12-11-15-7-3-2-4-8-15;24-19(13-10-15-6-2-1-3-7-15)22-17-12-11-16-8-4-5-9-18(16)23(21(17)27)14-20(25)26;1-21-11(18)7-17-10-5-3-2-4-8(10)15-6-9(12(17)19)16-13(14)20/h1-9,16,19-20H,10-15H2,(H,26,31)(H,27,30)(H,32,33);2-10,17,22H,11-14H2,1H3,(H,23,25);1-9,17H,10-14H2,(H,22,24)(H,25,26);2-5,9,15H,6-7H2,1H3,(H,16,20)/t19?,20-;2*17-;9-/m0000/s1. The van der Waals surface area contributed by atoms with E-state index in [2.05, 4.69) is 42.0 Å². The van der Waals surface area contributed by atoms with Gasteiger partial charge < -0.3 is 66.6 Å². The number of fused-ring (bicyclic) bond motifs is 4. The highest BCUT2D eigenvalue weighted by Gasteiger charge is 2.37. The minimum atomic E-state index is -1.23. The van der Waals surface area contributed by atoms with Crippen LogP contribution in [0, 0.1) is 0 Å². The van der Waals surface area contributed by atoms with Gasteiger partial charge in [-0.3, -0.25) is 77.0 Å². The van der Waals surface area contributed by atoms with Gasteiger partial charge in [0.25, 0.3) is 11.8 Å². The number of carboxylic acids is 2. The molecule has 4 heterocycles. The van der Waals surface area contributed by atoms with Crippen LogP contribution in [-0.2, 0) is 104 Å². The first kappa shape index (κ1) is 82.6. The quantitative estimate of drug-likeness (QED) is 0.0206. The van der Waals surface area contributed by atoms with Crippen molar-refractivity contribution < 1.29 is 86.8 Å². The van der Waals surface area contributed by atoms with E-state index in [-0.39, 0.29) is 75.0 Å². The lowest BCUT2D eigenvalue weighted by atomic mass is 10.1. The highest BCUT2D eigenvalue weighted by Crippen LogP contribution is 2.32. The number of ether oxygens (including phenoxy) is 2. The minimum absolute atomic E-state index is 0.177. The van der Waals surface area contributed by atoms with Crippen LogP contribution in [0.3, 0.4) is 0 Å². The number of carbonyl (C=O) groups excluding carboxylic acids is 12. The topological polar surface area (TPSA) is 395 Å². The molecule has 0 saturated carbocycles. The SMILES string of the molecule is COC(=O)CN1C(=O)[C@@H](NC(=O)CCc2ccccc2)CNc2ccccc21.O=C(O)CN1C(=O)[C@@H](NC(=O)CCc2ccccc2)CCc2ccccc21.O=CC(CC(=O)O)NC(=O)CN1C(=O)[C@@H](NC(=O)CCc2ccccc2)CCc2ccccc21.[B]C(=O)N[C@H]1CNc2ccccc2N(CC(=O)OC)C1=O. The van der Waals surface area contributed by atoms with E-state index in [4.69, 9.17) is 17.7 Å². The normalized spacial score (nSPS) is 16.3.